The highest BCUT2D eigenvalue weighted by Gasteiger charge is 2.51. The summed E-state index contributed by atoms with van der Waals surface area (Å²) in [7, 11) is 0. The Labute approximate surface area is 214 Å². The third kappa shape index (κ3) is 5.94. The molecule has 2 heterocycles. The molecule has 2 unspecified atom stereocenters. The topological polar surface area (TPSA) is 127 Å². The third-order valence-electron chi connectivity index (χ3n) is 6.43. The van der Waals surface area contributed by atoms with Gasteiger partial charge in [0.2, 0.25) is 0 Å². The number of hydrogen-bond donors (Lipinski definition) is 3. The monoisotopic (exact) mass is 513 g/mol. The zero-order valence-electron chi connectivity index (χ0n) is 20.9. The third-order valence-corrected chi connectivity index (χ3v) is 6.43. The van der Waals surface area contributed by atoms with Crippen LogP contribution in [-0.2, 0) is 20.9 Å². The molecule has 0 radical (unpaired) electrons. The summed E-state index contributed by atoms with van der Waals surface area (Å²) in [5, 5.41) is 40.5. The number of aliphatic hydroxyl groups is 3. The quantitative estimate of drug-likeness (QED) is 0.419. The number of carbonyl (C=O) groups excluding carboxylic acids is 1. The summed E-state index contributed by atoms with van der Waals surface area (Å²) in [6.07, 6.45) is -4.91. The van der Waals surface area contributed by atoms with E-state index in [-0.39, 0.29) is 12.4 Å². The highest BCUT2D eigenvalue weighted by Crippen LogP contribution is 2.35. The van der Waals surface area contributed by atoms with Crippen LogP contribution in [0.2, 0.25) is 0 Å². The van der Waals surface area contributed by atoms with E-state index in [2.05, 4.69) is 10.3 Å². The van der Waals surface area contributed by atoms with Gasteiger partial charge in [-0.15, -0.1) is 5.10 Å². The molecule has 0 saturated carbocycles. The number of hydrogen-bond acceptors (Lipinski definition) is 8. The predicted molar refractivity (Wildman–Crippen MR) is 132 cm³/mol. The minimum atomic E-state index is -1.45. The number of rotatable bonds is 8. The second-order valence-electron chi connectivity index (χ2n) is 10.2. The molecule has 9 nitrogen and oxygen atoms in total. The van der Waals surface area contributed by atoms with Crippen molar-refractivity contribution < 1.29 is 34.0 Å². The van der Waals surface area contributed by atoms with Gasteiger partial charge in [0.05, 0.1) is 19.4 Å². The van der Waals surface area contributed by atoms with Gasteiger partial charge in [0.15, 0.2) is 5.78 Å². The van der Waals surface area contributed by atoms with Gasteiger partial charge < -0.3 is 24.8 Å². The van der Waals surface area contributed by atoms with Crippen molar-refractivity contribution in [3.8, 4) is 11.3 Å². The van der Waals surface area contributed by atoms with Crippen LogP contribution in [0.15, 0.2) is 60.8 Å². The summed E-state index contributed by atoms with van der Waals surface area (Å²) >= 11 is 0. The van der Waals surface area contributed by atoms with Gasteiger partial charge >= 0.3 is 0 Å². The maximum Gasteiger partial charge on any atom is 0.169 e. The average Bonchev–Trinajstić information content (AvgIpc) is 3.35. The normalized spacial score (nSPS) is 25.1. The molecule has 10 heteroatoms. The zero-order valence-corrected chi connectivity index (χ0v) is 20.9. The number of aromatic nitrogens is 3. The van der Waals surface area contributed by atoms with Gasteiger partial charge in [-0.25, -0.2) is 9.07 Å². The van der Waals surface area contributed by atoms with Gasteiger partial charge in [-0.1, -0.05) is 68.4 Å². The number of nitrogens with zero attached hydrogens (tertiary/aromatic N) is 3. The molecular weight excluding hydrogens is 481 g/mol. The minimum absolute atomic E-state index is 0.0873. The number of benzene rings is 2. The second kappa shape index (κ2) is 11.2. The molecule has 4 rings (SSSR count). The highest BCUT2D eigenvalue weighted by atomic mass is 19.1. The summed E-state index contributed by atoms with van der Waals surface area (Å²) in [6, 6.07) is 13.9. The standard InChI is InChI=1S/C27H32FN3O6/c1-27(2,3)26(35)25(36-15-16-8-5-4-6-9-16)24-23(34)21(22(33)20(14-32)37-24)31-13-19(29-30-31)17-10-7-11-18(28)12-17/h4-13,20-25,32-34H,14-15H2,1-3H3/t20?,21-,22-,23?,24+,25-/m0/s1. The first-order valence-corrected chi connectivity index (χ1v) is 12.1. The Kier molecular flexibility index (Phi) is 8.15. The molecule has 1 fully saturated rings. The van der Waals surface area contributed by atoms with E-state index in [0.717, 1.165) is 5.56 Å². The molecule has 3 aromatic rings. The lowest BCUT2D eigenvalue weighted by Gasteiger charge is -2.45. The molecular formula is C27H32FN3O6. The average molecular weight is 514 g/mol. The zero-order chi connectivity index (χ0) is 26.7. The summed E-state index contributed by atoms with van der Waals surface area (Å²) < 4.78 is 26.9. The molecule has 1 saturated heterocycles. The van der Waals surface area contributed by atoms with E-state index >= 15 is 0 Å². The Morgan fingerprint density at radius 3 is 2.51 bits per heavy atom. The van der Waals surface area contributed by atoms with Gasteiger partial charge in [-0.2, -0.15) is 0 Å². The lowest BCUT2D eigenvalue weighted by Crippen LogP contribution is -2.61. The molecule has 1 aliphatic rings. The molecule has 6 atom stereocenters. The van der Waals surface area contributed by atoms with Gasteiger partial charge in [-0.3, -0.25) is 4.79 Å². The van der Waals surface area contributed by atoms with Crippen molar-refractivity contribution in [3.63, 3.8) is 0 Å². The second-order valence-corrected chi connectivity index (χ2v) is 10.2. The van der Waals surface area contributed by atoms with Crippen molar-refractivity contribution in [1.82, 2.24) is 15.0 Å². The first-order valence-electron chi connectivity index (χ1n) is 12.1. The fourth-order valence-electron chi connectivity index (χ4n) is 4.40. The van der Waals surface area contributed by atoms with Crippen molar-refractivity contribution in [3.05, 3.63) is 72.2 Å². The molecule has 0 aliphatic carbocycles. The van der Waals surface area contributed by atoms with E-state index < -0.39 is 54.4 Å². The maximum absolute atomic E-state index is 13.7. The van der Waals surface area contributed by atoms with Gasteiger partial charge in [0, 0.05) is 11.0 Å². The summed E-state index contributed by atoms with van der Waals surface area (Å²) in [4.78, 5) is 13.5. The lowest BCUT2D eigenvalue weighted by atomic mass is 9.81. The van der Waals surface area contributed by atoms with Gasteiger partial charge in [0.1, 0.15) is 48.1 Å². The van der Waals surface area contributed by atoms with E-state index in [4.69, 9.17) is 9.47 Å². The Hall–Kier alpha value is -3.02. The number of carbonyl (C=O) groups is 1. The number of ketones is 1. The van der Waals surface area contributed by atoms with E-state index in [1.165, 1.54) is 29.1 Å². The fourth-order valence-corrected chi connectivity index (χ4v) is 4.40. The van der Waals surface area contributed by atoms with Crippen molar-refractivity contribution in [1.29, 1.82) is 0 Å². The van der Waals surface area contributed by atoms with Crippen LogP contribution in [0.1, 0.15) is 32.4 Å². The Bertz CT molecular complexity index is 1200. The number of aliphatic hydroxyl groups excluding tert-OH is 3. The smallest absolute Gasteiger partial charge is 0.169 e. The molecule has 3 N–H and O–H groups in total. The maximum atomic E-state index is 13.7. The number of Topliss-reactive ketones (excluding diaryl/α,β-unsaturated/α-hetero) is 1. The summed E-state index contributed by atoms with van der Waals surface area (Å²) in [5.41, 5.74) is 0.781. The Morgan fingerprint density at radius 1 is 1.14 bits per heavy atom. The van der Waals surface area contributed by atoms with Crippen LogP contribution in [0, 0.1) is 11.2 Å². The lowest BCUT2D eigenvalue weighted by molar-refractivity contribution is -0.236. The van der Waals surface area contributed by atoms with Crippen LogP contribution < -0.4 is 0 Å². The minimum Gasteiger partial charge on any atom is -0.394 e. The van der Waals surface area contributed by atoms with Crippen LogP contribution in [0.25, 0.3) is 11.3 Å². The van der Waals surface area contributed by atoms with Gasteiger partial charge in [0.25, 0.3) is 0 Å². The van der Waals surface area contributed by atoms with Crippen molar-refractivity contribution in [2.24, 2.45) is 5.41 Å². The molecule has 2 aromatic carbocycles. The van der Waals surface area contributed by atoms with Crippen LogP contribution in [0.5, 0.6) is 0 Å². The Balaban J connectivity index is 1.66. The first-order chi connectivity index (χ1) is 17.6. The molecule has 1 aliphatic heterocycles. The summed E-state index contributed by atoms with van der Waals surface area (Å²) in [5.74, 6) is -0.754. The van der Waals surface area contributed by atoms with Crippen LogP contribution >= 0.6 is 0 Å². The molecule has 0 amide bonds. The van der Waals surface area contributed by atoms with Crippen molar-refractivity contribution in [2.75, 3.05) is 6.61 Å². The Morgan fingerprint density at radius 2 is 1.86 bits per heavy atom. The van der Waals surface area contributed by atoms with E-state index in [9.17, 15) is 24.5 Å². The summed E-state index contributed by atoms with van der Waals surface area (Å²) in [6.45, 7) is 4.73. The van der Waals surface area contributed by atoms with Crippen molar-refractivity contribution in [2.45, 2.75) is 63.9 Å². The number of halogens is 1. The molecule has 0 bridgehead atoms. The van der Waals surface area contributed by atoms with Gasteiger partial charge in [-0.05, 0) is 17.7 Å². The molecule has 0 spiro atoms. The van der Waals surface area contributed by atoms with E-state index in [1.54, 1.807) is 26.8 Å². The molecule has 37 heavy (non-hydrogen) atoms. The van der Waals surface area contributed by atoms with Crippen LogP contribution in [0.4, 0.5) is 4.39 Å². The predicted octanol–water partition coefficient (Wildman–Crippen LogP) is 2.31. The highest BCUT2D eigenvalue weighted by molar-refractivity contribution is 5.88. The van der Waals surface area contributed by atoms with E-state index in [0.29, 0.717) is 11.3 Å². The van der Waals surface area contributed by atoms with Crippen LogP contribution in [-0.4, -0.2) is 73.2 Å². The first kappa shape index (κ1) is 27.0. The SMILES string of the molecule is CC(C)(C)C(=O)[C@@H](OCc1ccccc1)[C@@H]1OC(CO)[C@H](O)[C@H](n2cc(-c3cccc(F)c3)nn2)C1O. The largest absolute Gasteiger partial charge is 0.394 e. The van der Waals surface area contributed by atoms with Crippen LogP contribution in [0.3, 0.4) is 0 Å². The fraction of sp³-hybridized carbons (Fsp3) is 0.444. The van der Waals surface area contributed by atoms with Crippen molar-refractivity contribution >= 4 is 5.78 Å². The number of ether oxygens (including phenoxy) is 2. The van der Waals surface area contributed by atoms with E-state index in [1.807, 2.05) is 30.3 Å². The molecule has 1 aromatic heterocycles. The molecule has 198 valence electrons.